The highest BCUT2D eigenvalue weighted by Crippen LogP contribution is 2.24. The van der Waals surface area contributed by atoms with Crippen molar-refractivity contribution in [2.75, 3.05) is 5.73 Å². The van der Waals surface area contributed by atoms with Crippen LogP contribution in [-0.4, -0.2) is 4.98 Å². The van der Waals surface area contributed by atoms with Crippen LogP contribution < -0.4 is 5.73 Å². The number of rotatable bonds is 2. The number of pyridine rings is 1. The molecule has 0 fully saturated rings. The Bertz CT molecular complexity index is 456. The van der Waals surface area contributed by atoms with Crippen LogP contribution in [0.5, 0.6) is 0 Å². The highest BCUT2D eigenvalue weighted by Gasteiger charge is 2.17. The molecule has 1 aromatic rings. The van der Waals surface area contributed by atoms with Crippen molar-refractivity contribution in [3.63, 3.8) is 0 Å². The minimum atomic E-state index is -2.82. The largest absolute Gasteiger partial charge is 0.396 e. The summed E-state index contributed by atoms with van der Waals surface area (Å²) in [6, 6.07) is 4.53. The van der Waals surface area contributed by atoms with Crippen molar-refractivity contribution in [2.45, 2.75) is 12.8 Å². The Labute approximate surface area is 84.6 Å². The second-order valence-corrected chi connectivity index (χ2v) is 2.72. The Balaban J connectivity index is 3.35. The molecule has 76 valence electrons. The molecule has 0 bridgehead atoms. The molecule has 0 spiro atoms. The van der Waals surface area contributed by atoms with E-state index in [0.717, 1.165) is 0 Å². The molecule has 0 saturated carbocycles. The Kier molecular flexibility index (Phi) is 3.14. The summed E-state index contributed by atoms with van der Waals surface area (Å²) in [5, 5.41) is 17.0. The molecule has 0 amide bonds. The zero-order chi connectivity index (χ0) is 11.4. The lowest BCUT2D eigenvalue weighted by Gasteiger charge is -2.06. The first kappa shape index (κ1) is 10.9. The van der Waals surface area contributed by atoms with E-state index in [-0.39, 0.29) is 23.4 Å². The number of hydrogen-bond acceptors (Lipinski definition) is 4. The molecule has 0 radical (unpaired) electrons. The highest BCUT2D eigenvalue weighted by molar-refractivity contribution is 5.53. The van der Waals surface area contributed by atoms with Gasteiger partial charge in [-0.05, 0) is 11.6 Å². The van der Waals surface area contributed by atoms with E-state index in [2.05, 4.69) is 4.98 Å². The van der Waals surface area contributed by atoms with E-state index in [0.29, 0.717) is 0 Å². The van der Waals surface area contributed by atoms with Crippen LogP contribution in [0.3, 0.4) is 0 Å². The number of halogens is 2. The lowest BCUT2D eigenvalue weighted by atomic mass is 10.1. The van der Waals surface area contributed by atoms with Crippen LogP contribution in [0.1, 0.15) is 23.4 Å². The number of alkyl halides is 2. The molecule has 0 aliphatic heterocycles. The van der Waals surface area contributed by atoms with Gasteiger partial charge in [0.1, 0.15) is 11.8 Å². The molecule has 1 aromatic heterocycles. The molecule has 4 nitrogen and oxygen atoms in total. The second kappa shape index (κ2) is 4.34. The Morgan fingerprint density at radius 1 is 1.47 bits per heavy atom. The van der Waals surface area contributed by atoms with Crippen molar-refractivity contribution in [3.05, 3.63) is 23.0 Å². The van der Waals surface area contributed by atoms with Crippen molar-refractivity contribution in [2.24, 2.45) is 0 Å². The highest BCUT2D eigenvalue weighted by atomic mass is 19.3. The SMILES string of the molecule is N#CCc1cc(N)c(C#N)nc1C(F)F. The van der Waals surface area contributed by atoms with Crippen molar-refractivity contribution < 1.29 is 8.78 Å². The number of nitriles is 2. The molecule has 0 aromatic carbocycles. The third kappa shape index (κ3) is 2.18. The minimum Gasteiger partial charge on any atom is -0.396 e. The summed E-state index contributed by atoms with van der Waals surface area (Å²) >= 11 is 0. The third-order valence-electron chi connectivity index (χ3n) is 1.75. The predicted octanol–water partition coefficient (Wildman–Crippen LogP) is 1.54. The Morgan fingerprint density at radius 2 is 2.13 bits per heavy atom. The van der Waals surface area contributed by atoms with E-state index in [1.54, 1.807) is 12.1 Å². The summed E-state index contributed by atoms with van der Waals surface area (Å²) in [5.74, 6) is 0. The molecule has 1 heterocycles. The Morgan fingerprint density at radius 3 is 2.60 bits per heavy atom. The second-order valence-electron chi connectivity index (χ2n) is 2.72. The van der Waals surface area contributed by atoms with Gasteiger partial charge in [0.2, 0.25) is 0 Å². The number of aromatic nitrogens is 1. The van der Waals surface area contributed by atoms with Gasteiger partial charge in [-0.2, -0.15) is 10.5 Å². The fraction of sp³-hybridized carbons (Fsp3) is 0.222. The topological polar surface area (TPSA) is 86.5 Å². The molecule has 2 N–H and O–H groups in total. The monoisotopic (exact) mass is 208 g/mol. The van der Waals surface area contributed by atoms with E-state index >= 15 is 0 Å². The summed E-state index contributed by atoms with van der Waals surface area (Å²) in [6.45, 7) is 0. The standard InChI is InChI=1S/C9H6F2N4/c10-9(11)8-5(1-2-12)3-6(14)7(4-13)15-8/h3,9H,1,14H2. The van der Waals surface area contributed by atoms with Gasteiger partial charge in [0.15, 0.2) is 5.69 Å². The maximum atomic E-state index is 12.5. The van der Waals surface area contributed by atoms with E-state index in [1.807, 2.05) is 0 Å². The zero-order valence-electron chi connectivity index (χ0n) is 7.54. The van der Waals surface area contributed by atoms with E-state index < -0.39 is 12.1 Å². The quantitative estimate of drug-likeness (QED) is 0.798. The molecule has 15 heavy (non-hydrogen) atoms. The molecule has 0 aliphatic rings. The van der Waals surface area contributed by atoms with Gasteiger partial charge in [0.25, 0.3) is 6.43 Å². The molecular weight excluding hydrogens is 202 g/mol. The lowest BCUT2D eigenvalue weighted by molar-refractivity contribution is 0.145. The maximum Gasteiger partial charge on any atom is 0.280 e. The summed E-state index contributed by atoms with van der Waals surface area (Å²) in [5.41, 5.74) is 4.66. The average Bonchev–Trinajstić information content (AvgIpc) is 2.18. The van der Waals surface area contributed by atoms with E-state index in [1.165, 1.54) is 6.07 Å². The number of anilines is 1. The molecule has 1 rings (SSSR count). The summed E-state index contributed by atoms with van der Waals surface area (Å²) in [6.07, 6.45) is -3.02. The normalized spacial score (nSPS) is 9.67. The van der Waals surface area contributed by atoms with Gasteiger partial charge in [0.05, 0.1) is 18.2 Å². The maximum absolute atomic E-state index is 12.5. The first-order valence-electron chi connectivity index (χ1n) is 3.94. The predicted molar refractivity (Wildman–Crippen MR) is 47.6 cm³/mol. The van der Waals surface area contributed by atoms with Gasteiger partial charge in [0, 0.05) is 0 Å². The van der Waals surface area contributed by atoms with Crippen molar-refractivity contribution in [1.82, 2.24) is 4.98 Å². The Hall–Kier alpha value is -2.21. The van der Waals surface area contributed by atoms with Gasteiger partial charge < -0.3 is 5.73 Å². The first-order valence-corrected chi connectivity index (χ1v) is 3.94. The third-order valence-corrected chi connectivity index (χ3v) is 1.75. The van der Waals surface area contributed by atoms with Crippen molar-refractivity contribution >= 4 is 5.69 Å². The summed E-state index contributed by atoms with van der Waals surface area (Å²) in [7, 11) is 0. The van der Waals surface area contributed by atoms with Gasteiger partial charge >= 0.3 is 0 Å². The molecule has 0 saturated heterocycles. The number of hydrogen-bond donors (Lipinski definition) is 1. The molecule has 6 heteroatoms. The van der Waals surface area contributed by atoms with Crippen LogP contribution in [0.25, 0.3) is 0 Å². The van der Waals surface area contributed by atoms with E-state index in [9.17, 15) is 8.78 Å². The van der Waals surface area contributed by atoms with Crippen LogP contribution in [0.15, 0.2) is 6.07 Å². The van der Waals surface area contributed by atoms with Crippen LogP contribution >= 0.6 is 0 Å². The zero-order valence-corrected chi connectivity index (χ0v) is 7.54. The smallest absolute Gasteiger partial charge is 0.280 e. The molecule has 0 atom stereocenters. The summed E-state index contributed by atoms with van der Waals surface area (Å²) < 4.78 is 25.0. The van der Waals surface area contributed by atoms with Gasteiger partial charge in [-0.25, -0.2) is 13.8 Å². The summed E-state index contributed by atoms with van der Waals surface area (Å²) in [4.78, 5) is 3.42. The lowest BCUT2D eigenvalue weighted by Crippen LogP contribution is -2.04. The van der Waals surface area contributed by atoms with Crippen LogP contribution in [0, 0.1) is 22.7 Å². The van der Waals surface area contributed by atoms with Crippen molar-refractivity contribution in [1.29, 1.82) is 10.5 Å². The minimum absolute atomic E-state index is 0.00662. The first-order chi connectivity index (χ1) is 7.10. The molecule has 0 aliphatic carbocycles. The van der Waals surface area contributed by atoms with Crippen molar-refractivity contribution in [3.8, 4) is 12.1 Å². The van der Waals surface area contributed by atoms with Crippen LogP contribution in [-0.2, 0) is 6.42 Å². The average molecular weight is 208 g/mol. The fourth-order valence-electron chi connectivity index (χ4n) is 1.09. The molecule has 0 unspecified atom stereocenters. The van der Waals surface area contributed by atoms with Gasteiger partial charge in [-0.3, -0.25) is 0 Å². The van der Waals surface area contributed by atoms with Gasteiger partial charge in [-0.15, -0.1) is 0 Å². The number of nitrogens with zero attached hydrogens (tertiary/aromatic N) is 3. The number of nitrogens with two attached hydrogens (primary N) is 1. The van der Waals surface area contributed by atoms with Crippen LogP contribution in [0.2, 0.25) is 0 Å². The van der Waals surface area contributed by atoms with Crippen LogP contribution in [0.4, 0.5) is 14.5 Å². The van der Waals surface area contributed by atoms with E-state index in [4.69, 9.17) is 16.3 Å². The fourth-order valence-corrected chi connectivity index (χ4v) is 1.09. The molecular formula is C9H6F2N4. The number of nitrogen functional groups attached to an aromatic ring is 1. The van der Waals surface area contributed by atoms with Gasteiger partial charge in [-0.1, -0.05) is 0 Å².